The summed E-state index contributed by atoms with van der Waals surface area (Å²) in [5.74, 6) is -0.0230. The van der Waals surface area contributed by atoms with E-state index < -0.39 is 0 Å². The van der Waals surface area contributed by atoms with Gasteiger partial charge in [-0.05, 0) is 18.9 Å². The third kappa shape index (κ3) is 2.57. The van der Waals surface area contributed by atoms with E-state index in [1.54, 1.807) is 0 Å². The van der Waals surface area contributed by atoms with Crippen LogP contribution >= 0.6 is 0 Å². The summed E-state index contributed by atoms with van der Waals surface area (Å²) < 4.78 is 5.54. The standard InChI is InChI=1S/C12H15NO2/c1-9-3-2-4-10(7-9)11-5-6-13-12(14)8-15-11/h2-4,7,11H,5-6,8H2,1H3,(H,13,14). The summed E-state index contributed by atoms with van der Waals surface area (Å²) in [6.45, 7) is 2.92. The summed E-state index contributed by atoms with van der Waals surface area (Å²) >= 11 is 0. The number of carbonyl (C=O) groups is 1. The molecule has 1 atom stereocenters. The van der Waals surface area contributed by atoms with Gasteiger partial charge in [-0.25, -0.2) is 0 Å². The van der Waals surface area contributed by atoms with Crippen molar-refractivity contribution in [3.05, 3.63) is 35.4 Å². The molecule has 3 heteroatoms. The van der Waals surface area contributed by atoms with Gasteiger partial charge in [0.25, 0.3) is 0 Å². The molecule has 1 N–H and O–H groups in total. The highest BCUT2D eigenvalue weighted by molar-refractivity contribution is 5.77. The first-order chi connectivity index (χ1) is 7.25. The van der Waals surface area contributed by atoms with Crippen LogP contribution in [0.2, 0.25) is 0 Å². The molecule has 0 aliphatic carbocycles. The van der Waals surface area contributed by atoms with Gasteiger partial charge in [-0.2, -0.15) is 0 Å². The molecular weight excluding hydrogens is 190 g/mol. The normalized spacial score (nSPS) is 21.9. The second-order valence-corrected chi connectivity index (χ2v) is 3.85. The van der Waals surface area contributed by atoms with Gasteiger partial charge in [-0.3, -0.25) is 4.79 Å². The van der Waals surface area contributed by atoms with Gasteiger partial charge in [0.1, 0.15) is 6.61 Å². The Hall–Kier alpha value is -1.35. The molecule has 2 rings (SSSR count). The van der Waals surface area contributed by atoms with Gasteiger partial charge in [-0.15, -0.1) is 0 Å². The maximum atomic E-state index is 11.1. The number of hydrogen-bond acceptors (Lipinski definition) is 2. The van der Waals surface area contributed by atoms with E-state index in [1.807, 2.05) is 12.1 Å². The van der Waals surface area contributed by atoms with Gasteiger partial charge in [0.15, 0.2) is 0 Å². The molecule has 1 heterocycles. The molecule has 0 bridgehead atoms. The van der Waals surface area contributed by atoms with Gasteiger partial charge in [0.05, 0.1) is 6.10 Å². The zero-order valence-corrected chi connectivity index (χ0v) is 8.82. The molecule has 1 unspecified atom stereocenters. The molecular formula is C12H15NO2. The molecule has 1 aromatic rings. The predicted octanol–water partition coefficient (Wildman–Crippen LogP) is 1.57. The molecule has 80 valence electrons. The quantitative estimate of drug-likeness (QED) is 0.755. The van der Waals surface area contributed by atoms with E-state index in [2.05, 4.69) is 24.4 Å². The summed E-state index contributed by atoms with van der Waals surface area (Å²) in [6.07, 6.45) is 0.888. The lowest BCUT2D eigenvalue weighted by atomic mass is 10.0. The number of benzene rings is 1. The first kappa shape index (κ1) is 10.2. The highest BCUT2D eigenvalue weighted by Gasteiger charge is 2.17. The maximum absolute atomic E-state index is 11.1. The Morgan fingerprint density at radius 1 is 1.47 bits per heavy atom. The van der Waals surface area contributed by atoms with Crippen LogP contribution in [0.3, 0.4) is 0 Å². The van der Waals surface area contributed by atoms with Crippen LogP contribution in [-0.4, -0.2) is 19.1 Å². The molecule has 15 heavy (non-hydrogen) atoms. The van der Waals surface area contributed by atoms with E-state index in [0.29, 0.717) is 6.54 Å². The molecule has 1 aliphatic rings. The van der Waals surface area contributed by atoms with Crippen LogP contribution in [-0.2, 0) is 9.53 Å². The van der Waals surface area contributed by atoms with Crippen molar-refractivity contribution in [2.45, 2.75) is 19.4 Å². The van der Waals surface area contributed by atoms with Crippen molar-refractivity contribution >= 4 is 5.91 Å². The third-order valence-electron chi connectivity index (χ3n) is 2.56. The zero-order chi connectivity index (χ0) is 10.7. The Kier molecular flexibility index (Phi) is 3.02. The van der Waals surface area contributed by atoms with Crippen LogP contribution in [0.25, 0.3) is 0 Å². The number of nitrogens with one attached hydrogen (secondary N) is 1. The molecule has 3 nitrogen and oxygen atoms in total. The Balaban J connectivity index is 2.13. The first-order valence-electron chi connectivity index (χ1n) is 5.20. The third-order valence-corrected chi connectivity index (χ3v) is 2.56. The molecule has 1 aliphatic heterocycles. The number of ether oxygens (including phenoxy) is 1. The summed E-state index contributed by atoms with van der Waals surface area (Å²) in [4.78, 5) is 11.1. The van der Waals surface area contributed by atoms with Crippen molar-refractivity contribution in [2.24, 2.45) is 0 Å². The topological polar surface area (TPSA) is 38.3 Å². The van der Waals surface area contributed by atoms with E-state index in [0.717, 1.165) is 12.0 Å². The van der Waals surface area contributed by atoms with Crippen LogP contribution in [0.4, 0.5) is 0 Å². The Morgan fingerprint density at radius 2 is 2.33 bits per heavy atom. The van der Waals surface area contributed by atoms with E-state index >= 15 is 0 Å². The molecule has 0 radical (unpaired) electrons. The maximum Gasteiger partial charge on any atom is 0.246 e. The number of amides is 1. The average molecular weight is 205 g/mol. The SMILES string of the molecule is Cc1cccc(C2CCNC(=O)CO2)c1. The van der Waals surface area contributed by atoms with Crippen molar-refractivity contribution in [1.82, 2.24) is 5.32 Å². The molecule has 1 saturated heterocycles. The van der Waals surface area contributed by atoms with Crippen molar-refractivity contribution in [3.8, 4) is 0 Å². The van der Waals surface area contributed by atoms with Gasteiger partial charge in [0.2, 0.25) is 5.91 Å². The second kappa shape index (κ2) is 4.45. The van der Waals surface area contributed by atoms with Crippen molar-refractivity contribution < 1.29 is 9.53 Å². The Bertz CT molecular complexity index is 362. The van der Waals surface area contributed by atoms with Crippen molar-refractivity contribution in [3.63, 3.8) is 0 Å². The lowest BCUT2D eigenvalue weighted by Crippen LogP contribution is -2.24. The molecule has 0 aromatic heterocycles. The van der Waals surface area contributed by atoms with Gasteiger partial charge >= 0.3 is 0 Å². The van der Waals surface area contributed by atoms with Gasteiger partial charge in [0, 0.05) is 6.54 Å². The van der Waals surface area contributed by atoms with Crippen molar-refractivity contribution in [2.75, 3.05) is 13.2 Å². The number of rotatable bonds is 1. The minimum atomic E-state index is -0.0230. The van der Waals surface area contributed by atoms with Gasteiger partial charge in [-0.1, -0.05) is 29.8 Å². The van der Waals surface area contributed by atoms with Gasteiger partial charge < -0.3 is 10.1 Å². The fourth-order valence-corrected chi connectivity index (χ4v) is 1.79. The monoisotopic (exact) mass is 205 g/mol. The molecule has 1 fully saturated rings. The second-order valence-electron chi connectivity index (χ2n) is 3.85. The van der Waals surface area contributed by atoms with E-state index in [4.69, 9.17) is 4.74 Å². The number of aryl methyl sites for hydroxylation is 1. The molecule has 1 amide bonds. The predicted molar refractivity (Wildman–Crippen MR) is 57.5 cm³/mol. The minimum Gasteiger partial charge on any atom is -0.364 e. The van der Waals surface area contributed by atoms with Crippen LogP contribution in [0.1, 0.15) is 23.7 Å². The van der Waals surface area contributed by atoms with Crippen LogP contribution in [0.15, 0.2) is 24.3 Å². The van der Waals surface area contributed by atoms with E-state index in [-0.39, 0.29) is 18.6 Å². The number of carbonyl (C=O) groups excluding carboxylic acids is 1. The molecule has 1 aromatic carbocycles. The van der Waals surface area contributed by atoms with Crippen molar-refractivity contribution in [1.29, 1.82) is 0 Å². The highest BCUT2D eigenvalue weighted by atomic mass is 16.5. The zero-order valence-electron chi connectivity index (χ0n) is 8.82. The van der Waals surface area contributed by atoms with E-state index in [1.165, 1.54) is 5.56 Å². The van der Waals surface area contributed by atoms with Crippen LogP contribution in [0.5, 0.6) is 0 Å². The number of hydrogen-bond donors (Lipinski definition) is 1. The summed E-state index contributed by atoms with van der Waals surface area (Å²) in [5.41, 5.74) is 2.38. The lowest BCUT2D eigenvalue weighted by Gasteiger charge is -2.14. The average Bonchev–Trinajstić information content (AvgIpc) is 2.43. The Morgan fingerprint density at radius 3 is 3.13 bits per heavy atom. The summed E-state index contributed by atoms with van der Waals surface area (Å²) in [7, 11) is 0. The highest BCUT2D eigenvalue weighted by Crippen LogP contribution is 2.22. The lowest BCUT2D eigenvalue weighted by molar-refractivity contribution is -0.125. The fraction of sp³-hybridized carbons (Fsp3) is 0.417. The molecule has 0 spiro atoms. The largest absolute Gasteiger partial charge is 0.364 e. The van der Waals surface area contributed by atoms with E-state index in [9.17, 15) is 4.79 Å². The summed E-state index contributed by atoms with van der Waals surface area (Å²) in [5, 5.41) is 2.79. The minimum absolute atomic E-state index is 0.0230. The fourth-order valence-electron chi connectivity index (χ4n) is 1.79. The summed E-state index contributed by atoms with van der Waals surface area (Å²) in [6, 6.07) is 8.24. The Labute approximate surface area is 89.4 Å². The van der Waals surface area contributed by atoms with Crippen LogP contribution in [0, 0.1) is 6.92 Å². The first-order valence-corrected chi connectivity index (χ1v) is 5.20. The molecule has 0 saturated carbocycles. The smallest absolute Gasteiger partial charge is 0.246 e. The van der Waals surface area contributed by atoms with Crippen LogP contribution < -0.4 is 5.32 Å².